The predicted molar refractivity (Wildman–Crippen MR) is 94.3 cm³/mol. The predicted octanol–water partition coefficient (Wildman–Crippen LogP) is 1.02. The van der Waals surface area contributed by atoms with Crippen molar-refractivity contribution in [1.29, 1.82) is 0 Å². The highest BCUT2D eigenvalue weighted by Gasteiger charge is 2.45. The fourth-order valence-corrected chi connectivity index (χ4v) is 4.03. The lowest BCUT2D eigenvalue weighted by Crippen LogP contribution is -2.45. The first-order chi connectivity index (χ1) is 12.8. The van der Waals surface area contributed by atoms with E-state index >= 15 is 0 Å². The Labute approximate surface area is 156 Å². The van der Waals surface area contributed by atoms with Gasteiger partial charge in [0.05, 0.1) is 12.5 Å². The number of rotatable bonds is 5. The summed E-state index contributed by atoms with van der Waals surface area (Å²) < 4.78 is 26.8. The first-order valence-corrected chi connectivity index (χ1v) is 9.19. The van der Waals surface area contributed by atoms with Crippen LogP contribution in [0.25, 0.3) is 0 Å². The molecule has 1 aromatic rings. The molecule has 3 N–H and O–H groups in total. The number of likely N-dealkylation sites (tertiary alicyclic amines) is 2. The number of carbonyl (C=O) groups excluding carboxylic acids is 2. The second-order valence-electron chi connectivity index (χ2n) is 7.68. The number of aliphatic hydroxyl groups is 1. The normalized spacial score (nSPS) is 20.4. The van der Waals surface area contributed by atoms with E-state index in [2.05, 4.69) is 0 Å². The Hall–Kier alpha value is -2.06. The minimum absolute atomic E-state index is 0.0136. The molecule has 2 fully saturated rings. The number of hydrogen-bond donors (Lipinski definition) is 2. The van der Waals surface area contributed by atoms with Gasteiger partial charge in [0.15, 0.2) is 0 Å². The first-order valence-electron chi connectivity index (χ1n) is 9.19. The minimum Gasteiger partial charge on any atom is -0.391 e. The van der Waals surface area contributed by atoms with Gasteiger partial charge in [-0.1, -0.05) is 0 Å². The Balaban J connectivity index is 1.58. The molecule has 2 amide bonds. The van der Waals surface area contributed by atoms with E-state index in [0.717, 1.165) is 6.07 Å². The van der Waals surface area contributed by atoms with Crippen LogP contribution in [-0.4, -0.2) is 59.0 Å². The van der Waals surface area contributed by atoms with Crippen molar-refractivity contribution in [3.8, 4) is 0 Å². The maximum absolute atomic E-state index is 13.4. The summed E-state index contributed by atoms with van der Waals surface area (Å²) in [7, 11) is 0. The third-order valence-electron chi connectivity index (χ3n) is 5.56. The molecule has 1 unspecified atom stereocenters. The number of piperidine rings is 1. The molecule has 0 saturated carbocycles. The van der Waals surface area contributed by atoms with E-state index in [0.29, 0.717) is 44.5 Å². The second kappa shape index (κ2) is 7.90. The van der Waals surface area contributed by atoms with E-state index in [-0.39, 0.29) is 36.7 Å². The number of benzene rings is 1. The summed E-state index contributed by atoms with van der Waals surface area (Å²) in [6.07, 6.45) is 0.954. The zero-order chi connectivity index (χ0) is 19.6. The van der Waals surface area contributed by atoms with Gasteiger partial charge in [0.2, 0.25) is 11.8 Å². The Morgan fingerprint density at radius 1 is 1.22 bits per heavy atom. The van der Waals surface area contributed by atoms with Crippen LogP contribution < -0.4 is 5.73 Å². The van der Waals surface area contributed by atoms with Crippen molar-refractivity contribution in [1.82, 2.24) is 9.80 Å². The summed E-state index contributed by atoms with van der Waals surface area (Å²) in [5, 5.41) is 9.54. The summed E-state index contributed by atoms with van der Waals surface area (Å²) in [5.41, 5.74) is 5.58. The van der Waals surface area contributed by atoms with Crippen LogP contribution in [0.3, 0.4) is 0 Å². The van der Waals surface area contributed by atoms with Crippen LogP contribution in [0.5, 0.6) is 0 Å². The van der Waals surface area contributed by atoms with E-state index < -0.39 is 17.7 Å². The molecule has 2 aliphatic rings. The summed E-state index contributed by atoms with van der Waals surface area (Å²) >= 11 is 0. The van der Waals surface area contributed by atoms with Crippen LogP contribution in [0, 0.1) is 17.0 Å². The maximum Gasteiger partial charge on any atom is 0.225 e. The molecule has 148 valence electrons. The largest absolute Gasteiger partial charge is 0.391 e. The minimum atomic E-state index is -0.830. The first kappa shape index (κ1) is 19.7. The maximum atomic E-state index is 13.4. The molecule has 1 atom stereocenters. The summed E-state index contributed by atoms with van der Waals surface area (Å²) in [5.74, 6) is -1.46. The monoisotopic (exact) mass is 381 g/mol. The zero-order valence-corrected chi connectivity index (χ0v) is 15.2. The molecule has 1 spiro atoms. The van der Waals surface area contributed by atoms with Crippen LogP contribution in [0.1, 0.15) is 31.2 Å². The van der Waals surface area contributed by atoms with E-state index in [1.165, 1.54) is 12.1 Å². The van der Waals surface area contributed by atoms with Crippen LogP contribution >= 0.6 is 0 Å². The van der Waals surface area contributed by atoms with Gasteiger partial charge in [0, 0.05) is 50.6 Å². The Morgan fingerprint density at radius 2 is 1.85 bits per heavy atom. The Bertz CT molecular complexity index is 700. The molecular weight excluding hydrogens is 356 g/mol. The summed E-state index contributed by atoms with van der Waals surface area (Å²) in [4.78, 5) is 27.9. The van der Waals surface area contributed by atoms with Crippen molar-refractivity contribution in [2.24, 2.45) is 11.1 Å². The van der Waals surface area contributed by atoms with Gasteiger partial charge in [-0.3, -0.25) is 9.59 Å². The van der Waals surface area contributed by atoms with Gasteiger partial charge < -0.3 is 20.6 Å². The zero-order valence-electron chi connectivity index (χ0n) is 15.2. The van der Waals surface area contributed by atoms with Crippen LogP contribution in [0.15, 0.2) is 18.2 Å². The molecular formula is C19H25F2N3O3. The van der Waals surface area contributed by atoms with Gasteiger partial charge in [-0.15, -0.1) is 0 Å². The fraction of sp³-hybridized carbons (Fsp3) is 0.579. The standard InChI is InChI=1S/C19H25F2N3O3/c20-14-5-13(6-15(21)7-14)11-24-12-19(9-18(24)27)1-3-23(4-2-19)17(26)8-16(25)10-22/h5-7,16,25H,1-4,8-12,22H2. The lowest BCUT2D eigenvalue weighted by Gasteiger charge is -2.39. The molecule has 2 saturated heterocycles. The smallest absolute Gasteiger partial charge is 0.225 e. The number of nitrogens with two attached hydrogens (primary N) is 1. The van der Waals surface area contributed by atoms with Crippen molar-refractivity contribution >= 4 is 11.8 Å². The number of carbonyl (C=O) groups is 2. The number of hydrogen-bond acceptors (Lipinski definition) is 4. The molecule has 0 bridgehead atoms. The number of aliphatic hydroxyl groups excluding tert-OH is 1. The van der Waals surface area contributed by atoms with Gasteiger partial charge >= 0.3 is 0 Å². The van der Waals surface area contributed by atoms with Crippen molar-refractivity contribution in [2.75, 3.05) is 26.2 Å². The Morgan fingerprint density at radius 3 is 2.44 bits per heavy atom. The van der Waals surface area contributed by atoms with Crippen LogP contribution in [-0.2, 0) is 16.1 Å². The van der Waals surface area contributed by atoms with Gasteiger partial charge in [-0.05, 0) is 30.5 Å². The quantitative estimate of drug-likeness (QED) is 0.797. The van der Waals surface area contributed by atoms with Crippen molar-refractivity contribution in [3.05, 3.63) is 35.4 Å². The summed E-state index contributed by atoms with van der Waals surface area (Å²) in [6.45, 7) is 1.82. The topological polar surface area (TPSA) is 86.9 Å². The molecule has 2 aliphatic heterocycles. The fourth-order valence-electron chi connectivity index (χ4n) is 4.03. The van der Waals surface area contributed by atoms with E-state index in [1.807, 2.05) is 0 Å². The number of amides is 2. The molecule has 6 nitrogen and oxygen atoms in total. The SMILES string of the molecule is NCC(O)CC(=O)N1CCC2(CC1)CC(=O)N(Cc1cc(F)cc(F)c1)C2. The average molecular weight is 381 g/mol. The van der Waals surface area contributed by atoms with Crippen molar-refractivity contribution < 1.29 is 23.5 Å². The van der Waals surface area contributed by atoms with Crippen LogP contribution in [0.2, 0.25) is 0 Å². The highest BCUT2D eigenvalue weighted by molar-refractivity contribution is 5.80. The Kier molecular flexibility index (Phi) is 5.76. The van der Waals surface area contributed by atoms with Gasteiger partial charge in [-0.25, -0.2) is 8.78 Å². The number of halogens is 2. The third-order valence-corrected chi connectivity index (χ3v) is 5.56. The highest BCUT2D eigenvalue weighted by Crippen LogP contribution is 2.41. The molecule has 1 aromatic carbocycles. The van der Waals surface area contributed by atoms with E-state index in [9.17, 15) is 23.5 Å². The highest BCUT2D eigenvalue weighted by atomic mass is 19.1. The lowest BCUT2D eigenvalue weighted by molar-refractivity contribution is -0.135. The molecule has 27 heavy (non-hydrogen) atoms. The second-order valence-corrected chi connectivity index (χ2v) is 7.68. The summed E-state index contributed by atoms with van der Waals surface area (Å²) in [6, 6.07) is 3.29. The molecule has 0 aliphatic carbocycles. The van der Waals surface area contributed by atoms with E-state index in [1.54, 1.807) is 9.80 Å². The number of nitrogens with zero attached hydrogens (tertiary/aromatic N) is 2. The van der Waals surface area contributed by atoms with Gasteiger partial charge in [0.25, 0.3) is 0 Å². The molecule has 0 radical (unpaired) electrons. The molecule has 2 heterocycles. The molecule has 3 rings (SSSR count). The van der Waals surface area contributed by atoms with Crippen molar-refractivity contribution in [2.45, 2.75) is 38.3 Å². The van der Waals surface area contributed by atoms with E-state index in [4.69, 9.17) is 5.73 Å². The van der Waals surface area contributed by atoms with Crippen LogP contribution in [0.4, 0.5) is 8.78 Å². The lowest BCUT2D eigenvalue weighted by atomic mass is 9.77. The van der Waals surface area contributed by atoms with Gasteiger partial charge in [-0.2, -0.15) is 0 Å². The van der Waals surface area contributed by atoms with Crippen molar-refractivity contribution in [3.63, 3.8) is 0 Å². The molecule has 8 heteroatoms. The average Bonchev–Trinajstić information content (AvgIpc) is 2.89. The molecule has 0 aromatic heterocycles. The van der Waals surface area contributed by atoms with Gasteiger partial charge in [0.1, 0.15) is 11.6 Å². The third kappa shape index (κ3) is 4.62.